The number of hydrogen-bond donors (Lipinski definition) is 3. The first-order valence-corrected chi connectivity index (χ1v) is 15.1. The Morgan fingerprint density at radius 2 is 1.90 bits per heavy atom. The van der Waals surface area contributed by atoms with Crippen LogP contribution in [0.4, 0.5) is 0 Å². The zero-order chi connectivity index (χ0) is 29.7. The van der Waals surface area contributed by atoms with Gasteiger partial charge in [-0.3, -0.25) is 24.5 Å². The molecule has 1 saturated carbocycles. The van der Waals surface area contributed by atoms with Crippen molar-refractivity contribution >= 4 is 23.5 Å². The first-order valence-electron chi connectivity index (χ1n) is 15.1. The third-order valence-corrected chi connectivity index (χ3v) is 9.28. The summed E-state index contributed by atoms with van der Waals surface area (Å²) in [6.07, 6.45) is 10.2. The van der Waals surface area contributed by atoms with Crippen LogP contribution < -0.4 is 10.6 Å². The molecule has 7 unspecified atom stereocenters. The van der Waals surface area contributed by atoms with Gasteiger partial charge in [-0.2, -0.15) is 0 Å². The van der Waals surface area contributed by atoms with E-state index in [1.165, 1.54) is 0 Å². The molecule has 1 heterocycles. The Morgan fingerprint density at radius 1 is 1.17 bits per heavy atom. The summed E-state index contributed by atoms with van der Waals surface area (Å²) in [7, 11) is 0. The van der Waals surface area contributed by atoms with E-state index in [2.05, 4.69) is 24.1 Å². The van der Waals surface area contributed by atoms with Crippen LogP contribution in [0.25, 0.3) is 0 Å². The molecule has 0 radical (unpaired) electrons. The molecule has 41 heavy (non-hydrogen) atoms. The number of hydrogen-bond acceptors (Lipinski definition) is 5. The van der Waals surface area contributed by atoms with Gasteiger partial charge >= 0.3 is 0 Å². The zero-order valence-corrected chi connectivity index (χ0v) is 24.5. The SMILES string of the molecule is C=CC(CCCCC)C1=C(C(=O)C2C(C)C=CC3(O)CC(C(=O)NCCc4ccccc4)CC(C)C23)C(=O)NC1=O. The summed E-state index contributed by atoms with van der Waals surface area (Å²) in [6.45, 7) is 10.4. The number of nitrogens with one attached hydrogen (secondary N) is 2. The highest BCUT2D eigenvalue weighted by Gasteiger charge is 2.55. The number of carbonyl (C=O) groups is 4. The zero-order valence-electron chi connectivity index (χ0n) is 24.5. The van der Waals surface area contributed by atoms with E-state index >= 15 is 0 Å². The molecule has 3 amide bonds. The van der Waals surface area contributed by atoms with Gasteiger partial charge in [0.05, 0.1) is 11.2 Å². The van der Waals surface area contributed by atoms with Crippen molar-refractivity contribution in [3.8, 4) is 0 Å². The van der Waals surface area contributed by atoms with Crippen molar-refractivity contribution in [3.63, 3.8) is 0 Å². The van der Waals surface area contributed by atoms with Crippen LogP contribution in [-0.4, -0.2) is 40.8 Å². The van der Waals surface area contributed by atoms with E-state index in [0.29, 0.717) is 19.4 Å². The number of rotatable bonds is 12. The van der Waals surface area contributed by atoms with E-state index in [-0.39, 0.29) is 35.3 Å². The summed E-state index contributed by atoms with van der Waals surface area (Å²) in [6, 6.07) is 9.94. The number of aliphatic hydroxyl groups is 1. The molecule has 3 aliphatic rings. The second-order valence-corrected chi connectivity index (χ2v) is 12.2. The van der Waals surface area contributed by atoms with Crippen LogP contribution in [0.3, 0.4) is 0 Å². The molecule has 2 aliphatic carbocycles. The van der Waals surface area contributed by atoms with Gasteiger partial charge in [-0.25, -0.2) is 0 Å². The number of carbonyl (C=O) groups excluding carboxylic acids is 4. The first-order chi connectivity index (χ1) is 19.6. The maximum Gasteiger partial charge on any atom is 0.262 e. The summed E-state index contributed by atoms with van der Waals surface area (Å²) >= 11 is 0. The number of imide groups is 1. The second kappa shape index (κ2) is 13.1. The fraction of sp³-hybridized carbons (Fsp3) is 0.529. The first kappa shape index (κ1) is 30.6. The van der Waals surface area contributed by atoms with Crippen LogP contribution in [0.1, 0.15) is 64.9 Å². The molecule has 220 valence electrons. The minimum absolute atomic E-state index is 0.0844. The van der Waals surface area contributed by atoms with E-state index < -0.39 is 46.9 Å². The maximum absolute atomic E-state index is 14.2. The second-order valence-electron chi connectivity index (χ2n) is 12.2. The minimum atomic E-state index is -1.37. The predicted octanol–water partition coefficient (Wildman–Crippen LogP) is 4.47. The standard InChI is InChI=1S/C34H44N2O5/c1-5-7-9-14-24(6-2)27-28(33(40)36-32(27)39)30(37)26-21(3)15-17-34(41)20-25(19-22(4)29(26)34)31(38)35-18-16-23-12-10-8-11-13-23/h6,8,10-13,15,17,21-22,24-26,29,41H,2,5,7,9,14,16,18-20H2,1,3-4H3,(H,35,38)(H,36,39,40). The van der Waals surface area contributed by atoms with E-state index in [1.54, 1.807) is 12.2 Å². The van der Waals surface area contributed by atoms with Crippen LogP contribution in [0.5, 0.6) is 0 Å². The van der Waals surface area contributed by atoms with Gasteiger partial charge in [0, 0.05) is 35.8 Å². The Kier molecular flexibility index (Phi) is 9.80. The molecular weight excluding hydrogens is 516 g/mol. The number of unbranched alkanes of at least 4 members (excludes halogenated alkanes) is 2. The Labute approximate surface area is 243 Å². The van der Waals surface area contributed by atoms with Crippen molar-refractivity contribution in [2.24, 2.45) is 35.5 Å². The molecule has 0 aromatic heterocycles. The monoisotopic (exact) mass is 560 g/mol. The van der Waals surface area contributed by atoms with Crippen molar-refractivity contribution < 1.29 is 24.3 Å². The van der Waals surface area contributed by atoms with Gasteiger partial charge < -0.3 is 10.4 Å². The molecule has 1 aliphatic heterocycles. The number of ketones is 1. The van der Waals surface area contributed by atoms with E-state index in [9.17, 15) is 24.3 Å². The molecule has 7 heteroatoms. The molecule has 0 saturated heterocycles. The van der Waals surface area contributed by atoms with Crippen LogP contribution in [0.15, 0.2) is 66.3 Å². The van der Waals surface area contributed by atoms with Crippen LogP contribution >= 0.6 is 0 Å². The van der Waals surface area contributed by atoms with E-state index in [1.807, 2.05) is 50.3 Å². The molecule has 7 atom stereocenters. The van der Waals surface area contributed by atoms with Gasteiger partial charge in [0.15, 0.2) is 5.78 Å². The molecule has 0 spiro atoms. The summed E-state index contributed by atoms with van der Waals surface area (Å²) in [5.41, 5.74) is -0.110. The number of benzene rings is 1. The fourth-order valence-corrected chi connectivity index (χ4v) is 7.26. The van der Waals surface area contributed by atoms with Gasteiger partial charge in [0.2, 0.25) is 5.91 Å². The third kappa shape index (κ3) is 6.45. The Morgan fingerprint density at radius 3 is 2.59 bits per heavy atom. The highest BCUT2D eigenvalue weighted by Crippen LogP contribution is 2.51. The molecule has 1 aromatic rings. The van der Waals surface area contributed by atoms with Gasteiger partial charge in [-0.15, -0.1) is 6.58 Å². The molecular formula is C34H44N2O5. The summed E-state index contributed by atoms with van der Waals surface area (Å²) in [5, 5.41) is 17.3. The topological polar surface area (TPSA) is 113 Å². The Balaban J connectivity index is 1.55. The van der Waals surface area contributed by atoms with E-state index in [0.717, 1.165) is 31.2 Å². The van der Waals surface area contributed by atoms with Gasteiger partial charge in [0.25, 0.3) is 11.8 Å². The van der Waals surface area contributed by atoms with Crippen LogP contribution in [-0.2, 0) is 25.6 Å². The number of fused-ring (bicyclic) bond motifs is 1. The maximum atomic E-state index is 14.2. The fourth-order valence-electron chi connectivity index (χ4n) is 7.26. The lowest BCUT2D eigenvalue weighted by molar-refractivity contribution is -0.144. The highest BCUT2D eigenvalue weighted by atomic mass is 16.3. The van der Waals surface area contributed by atoms with E-state index in [4.69, 9.17) is 0 Å². The lowest BCUT2D eigenvalue weighted by atomic mass is 9.55. The summed E-state index contributed by atoms with van der Waals surface area (Å²) in [4.78, 5) is 53.3. The van der Waals surface area contributed by atoms with Crippen molar-refractivity contribution in [2.75, 3.05) is 6.54 Å². The van der Waals surface area contributed by atoms with Crippen molar-refractivity contribution in [1.29, 1.82) is 0 Å². The highest BCUT2D eigenvalue weighted by molar-refractivity contribution is 6.33. The number of amides is 3. The van der Waals surface area contributed by atoms with Gasteiger partial charge in [-0.05, 0) is 43.1 Å². The molecule has 1 aromatic carbocycles. The minimum Gasteiger partial charge on any atom is -0.385 e. The largest absolute Gasteiger partial charge is 0.385 e. The average Bonchev–Trinajstić information content (AvgIpc) is 3.24. The quantitative estimate of drug-likeness (QED) is 0.151. The van der Waals surface area contributed by atoms with Gasteiger partial charge in [0.1, 0.15) is 0 Å². The number of Topliss-reactive ketones (excluding diaryl/α,β-unsaturated/α-hetero) is 1. The number of allylic oxidation sites excluding steroid dienone is 2. The van der Waals surface area contributed by atoms with Crippen LogP contribution in [0, 0.1) is 35.5 Å². The smallest absolute Gasteiger partial charge is 0.262 e. The van der Waals surface area contributed by atoms with Crippen molar-refractivity contribution in [3.05, 3.63) is 71.8 Å². The molecule has 1 fully saturated rings. The Bertz CT molecular complexity index is 1230. The molecule has 7 nitrogen and oxygen atoms in total. The lowest BCUT2D eigenvalue weighted by Gasteiger charge is -2.51. The molecule has 4 rings (SSSR count). The lowest BCUT2D eigenvalue weighted by Crippen LogP contribution is -2.56. The average molecular weight is 561 g/mol. The van der Waals surface area contributed by atoms with Gasteiger partial charge in [-0.1, -0.05) is 88.6 Å². The predicted molar refractivity (Wildman–Crippen MR) is 158 cm³/mol. The molecule has 3 N–H and O–H groups in total. The normalized spacial score (nSPS) is 30.0. The summed E-state index contributed by atoms with van der Waals surface area (Å²) < 4.78 is 0. The summed E-state index contributed by atoms with van der Waals surface area (Å²) in [5.74, 6) is -4.06. The van der Waals surface area contributed by atoms with Crippen molar-refractivity contribution in [2.45, 2.75) is 71.3 Å². The van der Waals surface area contributed by atoms with Crippen molar-refractivity contribution in [1.82, 2.24) is 10.6 Å². The molecule has 0 bridgehead atoms. The third-order valence-electron chi connectivity index (χ3n) is 9.28. The Hall–Kier alpha value is -3.32. The van der Waals surface area contributed by atoms with Crippen LogP contribution in [0.2, 0.25) is 0 Å².